The number of rotatable bonds is 5. The molecule has 0 heterocycles. The quantitative estimate of drug-likeness (QED) is 0.899. The molecule has 0 saturated carbocycles. The van der Waals surface area contributed by atoms with Crippen LogP contribution < -0.4 is 4.74 Å². The molecule has 0 aliphatic rings. The molecule has 1 rings (SSSR count). The zero-order chi connectivity index (χ0) is 13.1. The van der Waals surface area contributed by atoms with Crippen molar-refractivity contribution >= 4 is 25.8 Å². The van der Waals surface area contributed by atoms with E-state index >= 15 is 0 Å². The number of hydrogen-bond acceptors (Lipinski definition) is 4. The molecule has 0 radical (unpaired) electrons. The van der Waals surface area contributed by atoms with E-state index in [2.05, 4.69) is 15.9 Å². The van der Waals surface area contributed by atoms with E-state index in [0.717, 1.165) is 10.7 Å². The van der Waals surface area contributed by atoms with Gasteiger partial charge in [-0.2, -0.15) is 0 Å². The highest BCUT2D eigenvalue weighted by Gasteiger charge is 2.16. The molecule has 0 saturated heterocycles. The molecule has 6 heteroatoms. The van der Waals surface area contributed by atoms with E-state index in [1.165, 1.54) is 7.11 Å². The third-order valence-electron chi connectivity index (χ3n) is 2.31. The smallest absolute Gasteiger partial charge is 0.147 e. The molecule has 0 spiro atoms. The van der Waals surface area contributed by atoms with E-state index in [-0.39, 0.29) is 12.2 Å². The van der Waals surface area contributed by atoms with Crippen molar-refractivity contribution in [2.24, 2.45) is 0 Å². The molecule has 1 unspecified atom stereocenters. The van der Waals surface area contributed by atoms with Gasteiger partial charge >= 0.3 is 0 Å². The van der Waals surface area contributed by atoms with Crippen LogP contribution in [0, 0.1) is 0 Å². The minimum absolute atomic E-state index is 0.0518. The van der Waals surface area contributed by atoms with Crippen LogP contribution in [-0.4, -0.2) is 32.6 Å². The summed E-state index contributed by atoms with van der Waals surface area (Å²) in [7, 11) is -1.56. The van der Waals surface area contributed by atoms with E-state index in [4.69, 9.17) is 4.74 Å². The molecule has 0 amide bonds. The Labute approximate surface area is 110 Å². The lowest BCUT2D eigenvalue weighted by molar-refractivity contribution is 0.170. The molecule has 0 fully saturated rings. The van der Waals surface area contributed by atoms with Crippen molar-refractivity contribution in [2.45, 2.75) is 12.5 Å². The second kappa shape index (κ2) is 5.84. The van der Waals surface area contributed by atoms with E-state index in [1.807, 2.05) is 0 Å². The SMILES string of the molecule is COc1ccc(Br)cc1C(O)CCS(C)(=O)=O. The van der Waals surface area contributed by atoms with Gasteiger partial charge in [-0.25, -0.2) is 8.42 Å². The summed E-state index contributed by atoms with van der Waals surface area (Å²) in [5.74, 6) is 0.498. The average molecular weight is 323 g/mol. The van der Waals surface area contributed by atoms with Crippen LogP contribution in [0.25, 0.3) is 0 Å². The Hall–Kier alpha value is -0.590. The van der Waals surface area contributed by atoms with Crippen LogP contribution >= 0.6 is 15.9 Å². The van der Waals surface area contributed by atoms with Crippen molar-refractivity contribution < 1.29 is 18.3 Å². The van der Waals surface area contributed by atoms with Crippen LogP contribution in [0.1, 0.15) is 18.1 Å². The predicted molar refractivity (Wildman–Crippen MR) is 70.0 cm³/mol. The summed E-state index contributed by atoms with van der Waals surface area (Å²) < 4.78 is 28.0. The molecule has 0 aliphatic heterocycles. The third-order valence-corrected chi connectivity index (χ3v) is 3.78. The fourth-order valence-corrected chi connectivity index (χ4v) is 2.48. The highest BCUT2D eigenvalue weighted by molar-refractivity contribution is 9.10. The molecule has 0 aromatic heterocycles. The van der Waals surface area contributed by atoms with Gasteiger partial charge in [0.1, 0.15) is 15.6 Å². The topological polar surface area (TPSA) is 63.6 Å². The van der Waals surface area contributed by atoms with Crippen molar-refractivity contribution in [3.05, 3.63) is 28.2 Å². The minimum Gasteiger partial charge on any atom is -0.496 e. The van der Waals surface area contributed by atoms with Crippen molar-refractivity contribution in [2.75, 3.05) is 19.1 Å². The fraction of sp³-hybridized carbons (Fsp3) is 0.455. The van der Waals surface area contributed by atoms with Crippen LogP contribution in [0.2, 0.25) is 0 Å². The van der Waals surface area contributed by atoms with Crippen molar-refractivity contribution in [1.29, 1.82) is 0 Å². The van der Waals surface area contributed by atoms with Crippen LogP contribution in [0.5, 0.6) is 5.75 Å². The van der Waals surface area contributed by atoms with Gasteiger partial charge in [0.15, 0.2) is 0 Å². The first-order valence-corrected chi connectivity index (χ1v) is 7.88. The van der Waals surface area contributed by atoms with E-state index < -0.39 is 15.9 Å². The lowest BCUT2D eigenvalue weighted by atomic mass is 10.1. The number of ether oxygens (including phenoxy) is 1. The largest absolute Gasteiger partial charge is 0.496 e. The van der Waals surface area contributed by atoms with E-state index in [1.54, 1.807) is 18.2 Å². The highest BCUT2D eigenvalue weighted by Crippen LogP contribution is 2.30. The minimum atomic E-state index is -3.07. The molecule has 1 atom stereocenters. The molecule has 17 heavy (non-hydrogen) atoms. The maximum Gasteiger partial charge on any atom is 0.147 e. The summed E-state index contributed by atoms with van der Waals surface area (Å²) >= 11 is 3.30. The van der Waals surface area contributed by atoms with E-state index in [9.17, 15) is 13.5 Å². The summed E-state index contributed by atoms with van der Waals surface area (Å²) in [5.41, 5.74) is 0.588. The summed E-state index contributed by atoms with van der Waals surface area (Å²) in [6, 6.07) is 5.25. The summed E-state index contributed by atoms with van der Waals surface area (Å²) in [5, 5.41) is 9.95. The standard InChI is InChI=1S/C11H15BrO4S/c1-16-11-4-3-8(12)7-9(11)10(13)5-6-17(2,14)15/h3-4,7,10,13H,5-6H2,1-2H3. The monoisotopic (exact) mass is 322 g/mol. The number of hydrogen-bond donors (Lipinski definition) is 1. The molecule has 0 aliphatic carbocycles. The lowest BCUT2D eigenvalue weighted by Gasteiger charge is -2.14. The van der Waals surface area contributed by atoms with Gasteiger partial charge in [0.2, 0.25) is 0 Å². The van der Waals surface area contributed by atoms with Gasteiger partial charge in [-0.05, 0) is 24.6 Å². The van der Waals surface area contributed by atoms with Gasteiger partial charge in [0.05, 0.1) is 19.0 Å². The van der Waals surface area contributed by atoms with E-state index in [0.29, 0.717) is 11.3 Å². The second-order valence-corrected chi connectivity index (χ2v) is 7.00. The Bertz CT molecular complexity index is 484. The first kappa shape index (κ1) is 14.5. The Morgan fingerprint density at radius 3 is 2.65 bits per heavy atom. The van der Waals surface area contributed by atoms with Crippen molar-refractivity contribution in [3.8, 4) is 5.75 Å². The maximum atomic E-state index is 11.0. The number of benzene rings is 1. The van der Waals surface area contributed by atoms with Gasteiger partial charge in [0.25, 0.3) is 0 Å². The summed E-state index contributed by atoms with van der Waals surface area (Å²) in [6.45, 7) is 0. The average Bonchev–Trinajstić information content (AvgIpc) is 2.25. The number of aliphatic hydroxyl groups excluding tert-OH is 1. The number of methoxy groups -OCH3 is 1. The van der Waals surface area contributed by atoms with Crippen molar-refractivity contribution in [3.63, 3.8) is 0 Å². The molecule has 1 N–H and O–H groups in total. The molecule has 96 valence electrons. The van der Waals surface area contributed by atoms with Crippen LogP contribution in [0.15, 0.2) is 22.7 Å². The Morgan fingerprint density at radius 2 is 2.12 bits per heavy atom. The van der Waals surface area contributed by atoms with Crippen LogP contribution in [-0.2, 0) is 9.84 Å². The zero-order valence-corrected chi connectivity index (χ0v) is 12.1. The highest BCUT2D eigenvalue weighted by atomic mass is 79.9. The number of aliphatic hydroxyl groups is 1. The molecule has 0 bridgehead atoms. The van der Waals surface area contributed by atoms with Crippen LogP contribution in [0.4, 0.5) is 0 Å². The van der Waals surface area contributed by atoms with Gasteiger partial charge in [-0.3, -0.25) is 0 Å². The summed E-state index contributed by atoms with van der Waals surface area (Å²) in [6.07, 6.45) is 0.459. The first-order valence-electron chi connectivity index (χ1n) is 5.02. The number of sulfone groups is 1. The molecule has 1 aromatic carbocycles. The zero-order valence-electron chi connectivity index (χ0n) is 9.68. The molecule has 4 nitrogen and oxygen atoms in total. The number of halogens is 1. The molecule has 1 aromatic rings. The lowest BCUT2D eigenvalue weighted by Crippen LogP contribution is -2.09. The van der Waals surface area contributed by atoms with Gasteiger partial charge < -0.3 is 9.84 Å². The Morgan fingerprint density at radius 1 is 1.47 bits per heavy atom. The third kappa shape index (κ3) is 4.65. The predicted octanol–water partition coefficient (Wildman–Crippen LogP) is 1.93. The van der Waals surface area contributed by atoms with Gasteiger partial charge in [0, 0.05) is 16.3 Å². The van der Waals surface area contributed by atoms with Gasteiger partial charge in [-0.15, -0.1) is 0 Å². The molecular formula is C11H15BrO4S. The summed E-state index contributed by atoms with van der Waals surface area (Å²) in [4.78, 5) is 0. The van der Waals surface area contributed by atoms with Crippen molar-refractivity contribution in [1.82, 2.24) is 0 Å². The maximum absolute atomic E-state index is 11.0. The normalized spacial score (nSPS) is 13.4. The van der Waals surface area contributed by atoms with Gasteiger partial charge in [-0.1, -0.05) is 15.9 Å². The van der Waals surface area contributed by atoms with Crippen LogP contribution in [0.3, 0.4) is 0 Å². The molecular weight excluding hydrogens is 308 g/mol. The second-order valence-electron chi connectivity index (χ2n) is 3.82. The Kier molecular flexibility index (Phi) is 4.97. The fourth-order valence-electron chi connectivity index (χ4n) is 1.45. The Balaban J connectivity index is 2.87. The first-order chi connectivity index (χ1) is 7.83.